The number of hydrogen-bond acceptors (Lipinski definition) is 4. The van der Waals surface area contributed by atoms with Crippen molar-refractivity contribution in [3.63, 3.8) is 0 Å². The molecule has 4 rings (SSSR count). The highest BCUT2D eigenvalue weighted by atomic mass is 35.5. The minimum absolute atomic E-state index is 0.0595. The average molecular weight is 499 g/mol. The summed E-state index contributed by atoms with van der Waals surface area (Å²) in [7, 11) is 3.27. The van der Waals surface area contributed by atoms with Crippen molar-refractivity contribution >= 4 is 29.1 Å². The van der Waals surface area contributed by atoms with E-state index < -0.39 is 6.04 Å². The van der Waals surface area contributed by atoms with Crippen LogP contribution >= 0.6 is 23.2 Å². The highest BCUT2D eigenvalue weighted by Crippen LogP contribution is 2.43. The van der Waals surface area contributed by atoms with E-state index in [9.17, 15) is 4.79 Å². The smallest absolute Gasteiger partial charge is 0.239 e. The fourth-order valence-corrected chi connectivity index (χ4v) is 5.15. The third kappa shape index (κ3) is 5.02. The van der Waals surface area contributed by atoms with Gasteiger partial charge in [-0.05, 0) is 65.8 Å². The Morgan fingerprint density at radius 2 is 1.74 bits per heavy atom. The van der Waals surface area contributed by atoms with E-state index in [-0.39, 0.29) is 11.9 Å². The highest BCUT2D eigenvalue weighted by Gasteiger charge is 2.36. The Balaban J connectivity index is 1.75. The molecule has 2 atom stereocenters. The first-order chi connectivity index (χ1) is 16.4. The fourth-order valence-electron chi connectivity index (χ4n) is 4.83. The zero-order chi connectivity index (χ0) is 24.2. The van der Waals surface area contributed by atoms with Crippen molar-refractivity contribution in [2.75, 3.05) is 20.8 Å². The Hall–Kier alpha value is -2.73. The topological polar surface area (TPSA) is 64.8 Å². The van der Waals surface area contributed by atoms with Crippen LogP contribution in [0.15, 0.2) is 60.7 Å². The van der Waals surface area contributed by atoms with Crippen LogP contribution < -0.4 is 15.2 Å². The van der Waals surface area contributed by atoms with E-state index in [4.69, 9.17) is 38.4 Å². The number of primary amides is 1. The number of aryl methyl sites for hydroxylation is 1. The fraction of sp³-hybridized carbons (Fsp3) is 0.296. The first-order valence-corrected chi connectivity index (χ1v) is 12.0. The van der Waals surface area contributed by atoms with Crippen molar-refractivity contribution < 1.29 is 14.3 Å². The minimum Gasteiger partial charge on any atom is -0.493 e. The van der Waals surface area contributed by atoms with Gasteiger partial charge < -0.3 is 15.2 Å². The van der Waals surface area contributed by atoms with Gasteiger partial charge in [-0.2, -0.15) is 0 Å². The average Bonchev–Trinajstić information content (AvgIpc) is 2.84. The van der Waals surface area contributed by atoms with Gasteiger partial charge in [0.05, 0.1) is 24.3 Å². The quantitative estimate of drug-likeness (QED) is 0.428. The summed E-state index contributed by atoms with van der Waals surface area (Å²) in [6.45, 7) is 0.691. The molecule has 5 nitrogen and oxygen atoms in total. The largest absolute Gasteiger partial charge is 0.493 e. The number of hydrogen-bond donors (Lipinski definition) is 1. The lowest BCUT2D eigenvalue weighted by Crippen LogP contribution is -2.44. The van der Waals surface area contributed by atoms with Crippen molar-refractivity contribution in [2.24, 2.45) is 5.73 Å². The number of carbonyl (C=O) groups is 1. The SMILES string of the molecule is COc1cc2c(cc1OC)C(CCc1ccc(Cl)c(Cl)c1)N([C@@H](C(N)=O)c1ccccc1)CC2. The third-order valence-corrected chi connectivity index (χ3v) is 7.19. The second-order valence-corrected chi connectivity index (χ2v) is 9.23. The van der Waals surface area contributed by atoms with Crippen molar-refractivity contribution in [3.8, 4) is 11.5 Å². The number of nitrogens with two attached hydrogens (primary N) is 1. The summed E-state index contributed by atoms with van der Waals surface area (Å²) in [6.07, 6.45) is 2.29. The molecule has 0 bridgehead atoms. The number of carbonyl (C=O) groups excluding carboxylic acids is 1. The number of rotatable bonds is 8. The first kappa shape index (κ1) is 24.4. The van der Waals surface area contributed by atoms with Crippen LogP contribution in [0.25, 0.3) is 0 Å². The molecule has 3 aromatic rings. The summed E-state index contributed by atoms with van der Waals surface area (Å²) in [5.74, 6) is 1.00. The van der Waals surface area contributed by atoms with Crippen molar-refractivity contribution in [3.05, 3.63) is 93.0 Å². The lowest BCUT2D eigenvalue weighted by Gasteiger charge is -2.41. The van der Waals surface area contributed by atoms with Gasteiger partial charge in [0.15, 0.2) is 11.5 Å². The molecule has 0 aromatic heterocycles. The number of benzene rings is 3. The second-order valence-electron chi connectivity index (χ2n) is 8.41. The van der Waals surface area contributed by atoms with Crippen LogP contribution in [0.2, 0.25) is 10.0 Å². The van der Waals surface area contributed by atoms with E-state index in [0.717, 1.165) is 36.0 Å². The maximum atomic E-state index is 12.7. The number of halogens is 2. The molecule has 0 spiro atoms. The molecule has 1 heterocycles. The molecular weight excluding hydrogens is 471 g/mol. The van der Waals surface area contributed by atoms with E-state index in [0.29, 0.717) is 28.1 Å². The zero-order valence-corrected chi connectivity index (χ0v) is 20.8. The van der Waals surface area contributed by atoms with E-state index in [1.165, 1.54) is 5.56 Å². The Kier molecular flexibility index (Phi) is 7.67. The van der Waals surface area contributed by atoms with Gasteiger partial charge in [-0.15, -0.1) is 0 Å². The molecule has 1 aliphatic heterocycles. The van der Waals surface area contributed by atoms with Crippen LogP contribution in [0.1, 0.15) is 40.8 Å². The monoisotopic (exact) mass is 498 g/mol. The number of amides is 1. The maximum Gasteiger partial charge on any atom is 0.239 e. The van der Waals surface area contributed by atoms with Crippen LogP contribution in [0.4, 0.5) is 0 Å². The van der Waals surface area contributed by atoms with Crippen molar-refractivity contribution in [1.82, 2.24) is 4.90 Å². The zero-order valence-electron chi connectivity index (χ0n) is 19.3. The first-order valence-electron chi connectivity index (χ1n) is 11.2. The van der Waals surface area contributed by atoms with Crippen LogP contribution in [-0.2, 0) is 17.6 Å². The molecule has 1 aliphatic rings. The molecule has 0 saturated carbocycles. The number of methoxy groups -OCH3 is 2. The number of nitrogens with zero attached hydrogens (tertiary/aromatic N) is 1. The second kappa shape index (κ2) is 10.7. The van der Waals surface area contributed by atoms with Gasteiger partial charge in [0, 0.05) is 12.6 Å². The summed E-state index contributed by atoms with van der Waals surface area (Å²) in [6, 6.07) is 18.9. The summed E-state index contributed by atoms with van der Waals surface area (Å²) >= 11 is 12.4. The molecule has 34 heavy (non-hydrogen) atoms. The molecule has 0 fully saturated rings. The molecule has 7 heteroatoms. The van der Waals surface area contributed by atoms with Gasteiger partial charge in [-0.1, -0.05) is 59.6 Å². The lowest BCUT2D eigenvalue weighted by molar-refractivity contribution is -0.124. The van der Waals surface area contributed by atoms with E-state index >= 15 is 0 Å². The summed E-state index contributed by atoms with van der Waals surface area (Å²) in [4.78, 5) is 15.0. The summed E-state index contributed by atoms with van der Waals surface area (Å²) in [5.41, 5.74) is 10.2. The van der Waals surface area contributed by atoms with E-state index in [1.54, 1.807) is 14.2 Å². The van der Waals surface area contributed by atoms with Gasteiger partial charge in [0.1, 0.15) is 6.04 Å². The maximum absolute atomic E-state index is 12.7. The third-order valence-electron chi connectivity index (χ3n) is 6.45. The molecule has 178 valence electrons. The van der Waals surface area contributed by atoms with Crippen LogP contribution in [0, 0.1) is 0 Å². The van der Waals surface area contributed by atoms with Crippen molar-refractivity contribution in [1.29, 1.82) is 0 Å². The number of ether oxygens (including phenoxy) is 2. The molecule has 0 aliphatic carbocycles. The Morgan fingerprint density at radius 3 is 2.38 bits per heavy atom. The van der Waals surface area contributed by atoms with Gasteiger partial charge >= 0.3 is 0 Å². The molecule has 1 unspecified atom stereocenters. The summed E-state index contributed by atoms with van der Waals surface area (Å²) < 4.78 is 11.1. The standard InChI is InChI=1S/C27H28Cl2N2O3/c1-33-24-15-19-12-13-31(26(27(30)32)18-6-4-3-5-7-18)23(20(19)16-25(24)34-2)11-9-17-8-10-21(28)22(29)14-17/h3-8,10,14-16,23,26H,9,11-13H2,1-2H3,(H2,30,32)/t23?,26-/m1/s1. The Morgan fingerprint density at radius 1 is 1.03 bits per heavy atom. The predicted octanol–water partition coefficient (Wildman–Crippen LogP) is 5.77. The molecule has 1 amide bonds. The van der Waals surface area contributed by atoms with Crippen LogP contribution in [0.5, 0.6) is 11.5 Å². The molecule has 2 N–H and O–H groups in total. The minimum atomic E-state index is -0.541. The highest BCUT2D eigenvalue weighted by molar-refractivity contribution is 6.42. The molecule has 0 saturated heterocycles. The van der Waals surface area contributed by atoms with Crippen LogP contribution in [0.3, 0.4) is 0 Å². The van der Waals surface area contributed by atoms with Crippen molar-refractivity contribution in [2.45, 2.75) is 31.3 Å². The van der Waals surface area contributed by atoms with Gasteiger partial charge in [0.2, 0.25) is 5.91 Å². The normalized spacial score (nSPS) is 16.5. The number of fused-ring (bicyclic) bond motifs is 1. The van der Waals surface area contributed by atoms with Gasteiger partial charge in [0.25, 0.3) is 0 Å². The molecule has 0 radical (unpaired) electrons. The van der Waals surface area contributed by atoms with Gasteiger partial charge in [-0.25, -0.2) is 0 Å². The van der Waals surface area contributed by atoms with Gasteiger partial charge in [-0.3, -0.25) is 9.69 Å². The van der Waals surface area contributed by atoms with E-state index in [1.807, 2.05) is 60.7 Å². The lowest BCUT2D eigenvalue weighted by atomic mass is 9.86. The molecule has 3 aromatic carbocycles. The van der Waals surface area contributed by atoms with Crippen LogP contribution in [-0.4, -0.2) is 31.6 Å². The Labute approximate surface area is 210 Å². The Bertz CT molecular complexity index is 1170. The predicted molar refractivity (Wildman–Crippen MR) is 136 cm³/mol. The molecular formula is C27H28Cl2N2O3. The van der Waals surface area contributed by atoms with E-state index in [2.05, 4.69) is 4.90 Å². The summed E-state index contributed by atoms with van der Waals surface area (Å²) in [5, 5.41) is 1.07.